The number of ether oxygens (including phenoxy) is 3. The van der Waals surface area contributed by atoms with Crippen LogP contribution in [0.2, 0.25) is 0 Å². The first-order valence-electron chi connectivity index (χ1n) is 10.0. The molecule has 4 rings (SSSR count). The molecule has 9 nitrogen and oxygen atoms in total. The minimum Gasteiger partial charge on any atom is -0.481 e. The number of hydrogen-bond donors (Lipinski definition) is 0. The molecule has 0 radical (unpaired) electrons. The van der Waals surface area contributed by atoms with Gasteiger partial charge >= 0.3 is 0 Å². The van der Waals surface area contributed by atoms with Gasteiger partial charge in [-0.1, -0.05) is 35.5 Å². The van der Waals surface area contributed by atoms with Crippen molar-refractivity contribution in [3.63, 3.8) is 0 Å². The average Bonchev–Trinajstić information content (AvgIpc) is 3.24. The van der Waals surface area contributed by atoms with E-state index in [1.54, 1.807) is 17.0 Å². The summed E-state index contributed by atoms with van der Waals surface area (Å²) in [5, 5.41) is 4.02. The van der Waals surface area contributed by atoms with Gasteiger partial charge in [-0.05, 0) is 11.6 Å². The number of carbonyl (C=O) groups excluding carboxylic acids is 1. The second-order valence-corrected chi connectivity index (χ2v) is 7.15. The highest BCUT2D eigenvalue weighted by Crippen LogP contribution is 2.29. The number of aromatic nitrogens is 3. The van der Waals surface area contributed by atoms with Gasteiger partial charge in [0.2, 0.25) is 17.7 Å². The molecule has 0 unspecified atom stereocenters. The van der Waals surface area contributed by atoms with Crippen LogP contribution < -0.4 is 9.47 Å². The third-order valence-electron chi connectivity index (χ3n) is 5.05. The number of benzene rings is 1. The lowest BCUT2D eigenvalue weighted by Gasteiger charge is -2.37. The molecule has 3 aromatic rings. The van der Waals surface area contributed by atoms with Crippen molar-refractivity contribution >= 4 is 5.91 Å². The number of nitrogens with zero attached hydrogens (tertiary/aromatic N) is 4. The first-order chi connectivity index (χ1) is 15.2. The molecular formula is C22H24N4O5. The largest absolute Gasteiger partial charge is 0.481 e. The van der Waals surface area contributed by atoms with Crippen molar-refractivity contribution < 1.29 is 23.5 Å². The Bertz CT molecular complexity index is 1020. The molecule has 0 aliphatic carbocycles. The molecule has 0 spiro atoms. The van der Waals surface area contributed by atoms with Crippen molar-refractivity contribution in [2.75, 3.05) is 33.9 Å². The lowest BCUT2D eigenvalue weighted by Crippen LogP contribution is -2.48. The van der Waals surface area contributed by atoms with Crippen molar-refractivity contribution in [1.82, 2.24) is 20.0 Å². The highest BCUT2D eigenvalue weighted by Gasteiger charge is 2.37. The second kappa shape index (κ2) is 9.57. The fraction of sp³-hybridized carbons (Fsp3) is 0.364. The third-order valence-corrected chi connectivity index (χ3v) is 5.05. The molecule has 31 heavy (non-hydrogen) atoms. The van der Waals surface area contributed by atoms with E-state index in [0.29, 0.717) is 55.9 Å². The molecule has 162 valence electrons. The average molecular weight is 424 g/mol. The van der Waals surface area contributed by atoms with Crippen LogP contribution in [0, 0.1) is 0 Å². The van der Waals surface area contributed by atoms with Gasteiger partial charge in [-0.3, -0.25) is 4.79 Å². The first-order valence-corrected chi connectivity index (χ1v) is 10.0. The summed E-state index contributed by atoms with van der Waals surface area (Å²) in [5.41, 5.74) is 1.52. The number of rotatable bonds is 9. The maximum atomic E-state index is 12.8. The lowest BCUT2D eigenvalue weighted by molar-refractivity contribution is 0.0565. The lowest BCUT2D eigenvalue weighted by atomic mass is 9.99. The molecule has 1 saturated heterocycles. The van der Waals surface area contributed by atoms with Gasteiger partial charge in [0.05, 0.1) is 33.4 Å². The van der Waals surface area contributed by atoms with Crippen LogP contribution in [0.4, 0.5) is 0 Å². The Labute approximate surface area is 179 Å². The molecule has 9 heteroatoms. The number of methoxy groups -OCH3 is 2. The highest BCUT2D eigenvalue weighted by molar-refractivity contribution is 5.97. The minimum atomic E-state index is -0.155. The smallest absolute Gasteiger partial charge is 0.259 e. The molecule has 0 N–H and O–H groups in total. The van der Waals surface area contributed by atoms with Gasteiger partial charge in [0.25, 0.3) is 5.91 Å². The highest BCUT2D eigenvalue weighted by atomic mass is 16.5. The van der Waals surface area contributed by atoms with E-state index in [0.717, 1.165) is 5.56 Å². The van der Waals surface area contributed by atoms with Crippen LogP contribution >= 0.6 is 0 Å². The number of likely N-dealkylation sites (tertiary alicyclic amines) is 1. The Morgan fingerprint density at radius 1 is 1.10 bits per heavy atom. The molecule has 2 aromatic heterocycles. The zero-order valence-electron chi connectivity index (χ0n) is 17.5. The van der Waals surface area contributed by atoms with E-state index in [2.05, 4.69) is 15.1 Å². The van der Waals surface area contributed by atoms with E-state index in [1.165, 1.54) is 14.2 Å². The summed E-state index contributed by atoms with van der Waals surface area (Å²) in [6, 6.07) is 13.3. The van der Waals surface area contributed by atoms with Gasteiger partial charge in [0, 0.05) is 25.6 Å². The molecule has 0 bridgehead atoms. The van der Waals surface area contributed by atoms with Gasteiger partial charge in [0.1, 0.15) is 5.56 Å². The van der Waals surface area contributed by atoms with Gasteiger partial charge in [-0.2, -0.15) is 9.97 Å². The van der Waals surface area contributed by atoms with Crippen molar-refractivity contribution in [3.8, 4) is 11.8 Å². The van der Waals surface area contributed by atoms with Crippen LogP contribution in [0.15, 0.2) is 47.0 Å². The summed E-state index contributed by atoms with van der Waals surface area (Å²) < 4.78 is 21.4. The van der Waals surface area contributed by atoms with E-state index in [4.69, 9.17) is 18.7 Å². The van der Waals surface area contributed by atoms with E-state index in [-0.39, 0.29) is 17.7 Å². The molecule has 0 atom stereocenters. The minimum absolute atomic E-state index is 0.0210. The van der Waals surface area contributed by atoms with Crippen molar-refractivity contribution in [3.05, 3.63) is 65.3 Å². The summed E-state index contributed by atoms with van der Waals surface area (Å²) in [5.74, 6) is 1.64. The summed E-state index contributed by atoms with van der Waals surface area (Å²) in [4.78, 5) is 23.1. The Kier molecular flexibility index (Phi) is 6.42. The predicted octanol–water partition coefficient (Wildman–Crippen LogP) is 2.48. The number of carbonyl (C=O) groups is 1. The van der Waals surface area contributed by atoms with E-state index in [9.17, 15) is 4.79 Å². The van der Waals surface area contributed by atoms with Crippen LogP contribution in [-0.4, -0.2) is 59.8 Å². The first kappa shape index (κ1) is 20.8. The van der Waals surface area contributed by atoms with Crippen molar-refractivity contribution in [2.24, 2.45) is 0 Å². The number of hydrogen-bond acceptors (Lipinski definition) is 8. The Morgan fingerprint density at radius 2 is 1.90 bits per heavy atom. The number of pyridine rings is 1. The van der Waals surface area contributed by atoms with E-state index < -0.39 is 0 Å². The topological polar surface area (TPSA) is 99.8 Å². The maximum absolute atomic E-state index is 12.8. The van der Waals surface area contributed by atoms with E-state index >= 15 is 0 Å². The van der Waals surface area contributed by atoms with Crippen molar-refractivity contribution in [1.29, 1.82) is 0 Å². The Morgan fingerprint density at radius 3 is 2.65 bits per heavy atom. The summed E-state index contributed by atoms with van der Waals surface area (Å²) >= 11 is 0. The normalized spacial score (nSPS) is 13.7. The third kappa shape index (κ3) is 4.83. The molecule has 1 aromatic carbocycles. The standard InChI is InChI=1S/C22H24N4O5/c1-28-19-9-8-17(21(24-19)29-2)22(27)26-12-16(13-26)20-23-18(25-31-20)10-11-30-14-15-6-4-3-5-7-15/h3-9,16H,10-14H2,1-2H3. The summed E-state index contributed by atoms with van der Waals surface area (Å²) in [6.07, 6.45) is 0.570. The molecule has 1 aliphatic heterocycles. The SMILES string of the molecule is COc1ccc(C(=O)N2CC(c3nc(CCOCc4ccccc4)no3)C2)c(OC)n1. The fourth-order valence-corrected chi connectivity index (χ4v) is 3.29. The zero-order chi connectivity index (χ0) is 21.6. The molecule has 0 saturated carbocycles. The number of amides is 1. The molecule has 3 heterocycles. The van der Waals surface area contributed by atoms with Crippen LogP contribution in [-0.2, 0) is 17.8 Å². The zero-order valence-corrected chi connectivity index (χ0v) is 17.5. The second-order valence-electron chi connectivity index (χ2n) is 7.15. The van der Waals surface area contributed by atoms with Crippen LogP contribution in [0.3, 0.4) is 0 Å². The molecular weight excluding hydrogens is 400 g/mol. The summed E-state index contributed by atoms with van der Waals surface area (Å²) in [6.45, 7) is 2.06. The molecule has 1 fully saturated rings. The molecule has 1 aliphatic rings. The Hall–Kier alpha value is -3.46. The van der Waals surface area contributed by atoms with Crippen LogP contribution in [0.1, 0.15) is 33.6 Å². The molecule has 1 amide bonds. The van der Waals surface area contributed by atoms with Crippen LogP contribution in [0.5, 0.6) is 11.8 Å². The van der Waals surface area contributed by atoms with Gasteiger partial charge in [-0.15, -0.1) is 0 Å². The van der Waals surface area contributed by atoms with Gasteiger partial charge in [0.15, 0.2) is 5.82 Å². The predicted molar refractivity (Wildman–Crippen MR) is 110 cm³/mol. The summed E-state index contributed by atoms with van der Waals surface area (Å²) in [7, 11) is 2.98. The van der Waals surface area contributed by atoms with E-state index in [1.807, 2.05) is 30.3 Å². The van der Waals surface area contributed by atoms with Crippen LogP contribution in [0.25, 0.3) is 0 Å². The fourth-order valence-electron chi connectivity index (χ4n) is 3.29. The Balaban J connectivity index is 1.26. The van der Waals surface area contributed by atoms with Gasteiger partial charge in [-0.25, -0.2) is 0 Å². The van der Waals surface area contributed by atoms with Crippen molar-refractivity contribution in [2.45, 2.75) is 18.9 Å². The maximum Gasteiger partial charge on any atom is 0.259 e. The monoisotopic (exact) mass is 424 g/mol. The quantitative estimate of drug-likeness (QED) is 0.483. The van der Waals surface area contributed by atoms with Gasteiger partial charge < -0.3 is 23.6 Å².